The van der Waals surface area contributed by atoms with Crippen LogP contribution in [0.3, 0.4) is 0 Å². The molecular formula is C14H24N2O. The summed E-state index contributed by atoms with van der Waals surface area (Å²) in [6, 6.07) is 4.25. The molecule has 3 nitrogen and oxygen atoms in total. The number of hydrogen-bond acceptors (Lipinski definition) is 3. The summed E-state index contributed by atoms with van der Waals surface area (Å²) >= 11 is 0. The van der Waals surface area contributed by atoms with E-state index in [4.69, 9.17) is 10.5 Å². The Bertz CT molecular complexity index is 386. The zero-order valence-electron chi connectivity index (χ0n) is 11.7. The van der Waals surface area contributed by atoms with E-state index in [0.717, 1.165) is 5.75 Å². The monoisotopic (exact) mass is 236 g/mol. The number of nitrogens with two attached hydrogens (primary N) is 1. The Morgan fingerprint density at radius 3 is 2.18 bits per heavy atom. The highest BCUT2D eigenvalue weighted by molar-refractivity contribution is 5.44. The van der Waals surface area contributed by atoms with Crippen molar-refractivity contribution in [1.29, 1.82) is 0 Å². The van der Waals surface area contributed by atoms with Gasteiger partial charge in [0.2, 0.25) is 0 Å². The lowest BCUT2D eigenvalue weighted by atomic mass is 9.95. The van der Waals surface area contributed by atoms with Crippen LogP contribution in [-0.2, 0) is 0 Å². The Labute approximate surface area is 105 Å². The van der Waals surface area contributed by atoms with Gasteiger partial charge in [-0.05, 0) is 55.8 Å². The van der Waals surface area contributed by atoms with Crippen LogP contribution in [0, 0.1) is 6.92 Å². The summed E-state index contributed by atoms with van der Waals surface area (Å²) in [4.78, 5) is 2.01. The molecule has 0 aliphatic rings. The molecule has 0 saturated carbocycles. The summed E-state index contributed by atoms with van der Waals surface area (Å²) < 4.78 is 5.43. The zero-order chi connectivity index (χ0) is 13.2. The maximum absolute atomic E-state index is 6.18. The molecular weight excluding hydrogens is 212 g/mol. The summed E-state index contributed by atoms with van der Waals surface area (Å²) in [5, 5.41) is 0. The highest BCUT2D eigenvalue weighted by atomic mass is 16.5. The number of hydrogen-bond donors (Lipinski definition) is 1. The Kier molecular flexibility index (Phi) is 4.54. The van der Waals surface area contributed by atoms with Crippen LogP contribution in [0.25, 0.3) is 0 Å². The van der Waals surface area contributed by atoms with Crippen molar-refractivity contribution in [3.63, 3.8) is 0 Å². The lowest BCUT2D eigenvalue weighted by molar-refractivity contribution is 0.305. The van der Waals surface area contributed by atoms with Gasteiger partial charge in [0.1, 0.15) is 5.75 Å². The standard InChI is InChI=1S/C14H24N2O/c1-9(2)11-8-12(14(15)16(4)5)10(3)7-13(11)17-6/h7-9,14H,15H2,1-6H3. The first-order valence-electron chi connectivity index (χ1n) is 5.99. The molecule has 1 aromatic rings. The van der Waals surface area contributed by atoms with E-state index in [1.165, 1.54) is 16.7 Å². The molecule has 0 aliphatic heterocycles. The lowest BCUT2D eigenvalue weighted by Gasteiger charge is -2.24. The molecule has 0 fully saturated rings. The molecule has 0 spiro atoms. The van der Waals surface area contributed by atoms with Gasteiger partial charge in [0.25, 0.3) is 0 Å². The van der Waals surface area contributed by atoms with Gasteiger partial charge in [-0.15, -0.1) is 0 Å². The summed E-state index contributed by atoms with van der Waals surface area (Å²) in [6.07, 6.45) is -0.0709. The van der Waals surface area contributed by atoms with Crippen molar-refractivity contribution >= 4 is 0 Å². The SMILES string of the molecule is COc1cc(C)c(C(N)N(C)C)cc1C(C)C. The smallest absolute Gasteiger partial charge is 0.122 e. The highest BCUT2D eigenvalue weighted by Gasteiger charge is 2.16. The average molecular weight is 236 g/mol. The molecule has 3 heteroatoms. The van der Waals surface area contributed by atoms with Crippen LogP contribution in [0.15, 0.2) is 12.1 Å². The van der Waals surface area contributed by atoms with E-state index < -0.39 is 0 Å². The van der Waals surface area contributed by atoms with Crippen LogP contribution < -0.4 is 10.5 Å². The van der Waals surface area contributed by atoms with Gasteiger partial charge >= 0.3 is 0 Å². The Hall–Kier alpha value is -1.06. The maximum atomic E-state index is 6.18. The first-order chi connectivity index (χ1) is 7.88. The summed E-state index contributed by atoms with van der Waals surface area (Å²) in [5.41, 5.74) is 9.74. The molecule has 1 rings (SSSR count). The fourth-order valence-corrected chi connectivity index (χ4v) is 1.94. The second kappa shape index (κ2) is 5.52. The number of aryl methyl sites for hydroxylation is 1. The van der Waals surface area contributed by atoms with Gasteiger partial charge in [-0.1, -0.05) is 13.8 Å². The molecule has 0 aliphatic carbocycles. The van der Waals surface area contributed by atoms with E-state index in [-0.39, 0.29) is 6.17 Å². The minimum absolute atomic E-state index is 0.0709. The van der Waals surface area contributed by atoms with E-state index in [0.29, 0.717) is 5.92 Å². The van der Waals surface area contributed by atoms with Crippen LogP contribution in [0.2, 0.25) is 0 Å². The molecule has 1 aromatic carbocycles. The largest absolute Gasteiger partial charge is 0.496 e. The second-order valence-electron chi connectivity index (χ2n) is 5.01. The van der Waals surface area contributed by atoms with Gasteiger partial charge in [0.15, 0.2) is 0 Å². The lowest BCUT2D eigenvalue weighted by Crippen LogP contribution is -2.28. The third-order valence-corrected chi connectivity index (χ3v) is 3.12. The van der Waals surface area contributed by atoms with E-state index >= 15 is 0 Å². The van der Waals surface area contributed by atoms with E-state index in [1.807, 2.05) is 19.0 Å². The number of methoxy groups -OCH3 is 1. The van der Waals surface area contributed by atoms with Gasteiger partial charge in [0, 0.05) is 0 Å². The predicted octanol–water partition coefficient (Wildman–Crippen LogP) is 2.65. The third-order valence-electron chi connectivity index (χ3n) is 3.12. The second-order valence-corrected chi connectivity index (χ2v) is 5.01. The quantitative estimate of drug-likeness (QED) is 0.817. The molecule has 0 saturated heterocycles. The average Bonchev–Trinajstić information content (AvgIpc) is 2.27. The highest BCUT2D eigenvalue weighted by Crippen LogP contribution is 2.31. The molecule has 1 unspecified atom stereocenters. The van der Waals surface area contributed by atoms with Crippen LogP contribution in [0.5, 0.6) is 5.75 Å². The van der Waals surface area contributed by atoms with Crippen LogP contribution in [0.4, 0.5) is 0 Å². The van der Waals surface area contributed by atoms with Crippen molar-refractivity contribution < 1.29 is 4.74 Å². The molecule has 17 heavy (non-hydrogen) atoms. The van der Waals surface area contributed by atoms with Crippen LogP contribution in [-0.4, -0.2) is 26.1 Å². The number of ether oxygens (including phenoxy) is 1. The molecule has 0 aromatic heterocycles. The molecule has 0 amide bonds. The van der Waals surface area contributed by atoms with Gasteiger partial charge in [-0.3, -0.25) is 4.90 Å². The molecule has 0 bridgehead atoms. The summed E-state index contributed by atoms with van der Waals surface area (Å²) in [5.74, 6) is 1.38. The van der Waals surface area contributed by atoms with Gasteiger partial charge in [0.05, 0.1) is 13.3 Å². The maximum Gasteiger partial charge on any atom is 0.122 e. The van der Waals surface area contributed by atoms with Crippen molar-refractivity contribution in [3.05, 3.63) is 28.8 Å². The van der Waals surface area contributed by atoms with Crippen molar-refractivity contribution in [3.8, 4) is 5.75 Å². The normalized spacial score (nSPS) is 13.2. The van der Waals surface area contributed by atoms with Crippen molar-refractivity contribution in [1.82, 2.24) is 4.90 Å². The van der Waals surface area contributed by atoms with Crippen LogP contribution in [0.1, 0.15) is 42.6 Å². The van der Waals surface area contributed by atoms with Crippen molar-refractivity contribution in [2.75, 3.05) is 21.2 Å². The van der Waals surface area contributed by atoms with E-state index in [9.17, 15) is 0 Å². The number of rotatable bonds is 4. The molecule has 0 heterocycles. The third kappa shape index (κ3) is 2.99. The fourth-order valence-electron chi connectivity index (χ4n) is 1.94. The predicted molar refractivity (Wildman–Crippen MR) is 72.4 cm³/mol. The molecule has 96 valence electrons. The Morgan fingerprint density at radius 1 is 1.18 bits per heavy atom. The van der Waals surface area contributed by atoms with E-state index in [2.05, 4.69) is 32.9 Å². The first-order valence-corrected chi connectivity index (χ1v) is 5.99. The first kappa shape index (κ1) is 14.0. The number of nitrogens with zero attached hydrogens (tertiary/aromatic N) is 1. The summed E-state index contributed by atoms with van der Waals surface area (Å²) in [6.45, 7) is 6.40. The molecule has 2 N–H and O–H groups in total. The van der Waals surface area contributed by atoms with Gasteiger partial charge < -0.3 is 10.5 Å². The van der Waals surface area contributed by atoms with Crippen LogP contribution >= 0.6 is 0 Å². The number of benzene rings is 1. The van der Waals surface area contributed by atoms with Crippen molar-refractivity contribution in [2.24, 2.45) is 5.73 Å². The van der Waals surface area contributed by atoms with Gasteiger partial charge in [-0.25, -0.2) is 0 Å². The van der Waals surface area contributed by atoms with Gasteiger partial charge in [-0.2, -0.15) is 0 Å². The molecule has 0 radical (unpaired) electrons. The topological polar surface area (TPSA) is 38.5 Å². The minimum atomic E-state index is -0.0709. The Balaban J connectivity index is 3.29. The zero-order valence-corrected chi connectivity index (χ0v) is 11.7. The molecule has 1 atom stereocenters. The Morgan fingerprint density at radius 2 is 1.76 bits per heavy atom. The fraction of sp³-hybridized carbons (Fsp3) is 0.571. The minimum Gasteiger partial charge on any atom is -0.496 e. The summed E-state index contributed by atoms with van der Waals surface area (Å²) in [7, 11) is 5.69. The van der Waals surface area contributed by atoms with Crippen molar-refractivity contribution in [2.45, 2.75) is 32.9 Å². The van der Waals surface area contributed by atoms with E-state index in [1.54, 1.807) is 7.11 Å².